The summed E-state index contributed by atoms with van der Waals surface area (Å²) in [6, 6.07) is 111. The molecule has 0 saturated heterocycles. The predicted octanol–water partition coefficient (Wildman–Crippen LogP) is 19.3. The van der Waals surface area contributed by atoms with E-state index in [1.807, 2.05) is 0 Å². The summed E-state index contributed by atoms with van der Waals surface area (Å²) >= 11 is 0. The molecule has 0 bridgehead atoms. The lowest BCUT2D eigenvalue weighted by molar-refractivity contribution is 0.768. The molecule has 1 aliphatic carbocycles. The van der Waals surface area contributed by atoms with E-state index < -0.39 is 5.41 Å². The zero-order valence-electron chi connectivity index (χ0n) is 41.3. The van der Waals surface area contributed by atoms with Gasteiger partial charge in [-0.3, -0.25) is 0 Å². The Morgan fingerprint density at radius 2 is 0.680 bits per heavy atom. The average Bonchev–Trinajstić information content (AvgIpc) is 4.10. The Balaban J connectivity index is 0.848. The summed E-state index contributed by atoms with van der Waals surface area (Å²) in [6.07, 6.45) is 0. The number of hydrogen-bond donors (Lipinski definition) is 0. The minimum atomic E-state index is -0.514. The number of hydrogen-bond acceptors (Lipinski definition) is 1. The second-order valence-electron chi connectivity index (χ2n) is 19.6. The second-order valence-corrected chi connectivity index (χ2v) is 19.6. The molecule has 14 rings (SSSR count). The van der Waals surface area contributed by atoms with E-state index in [0.717, 1.165) is 33.9 Å². The van der Waals surface area contributed by atoms with Gasteiger partial charge in [0.05, 0.1) is 22.1 Å². The molecular formula is C73H50N2. The van der Waals surface area contributed by atoms with E-state index in [1.165, 1.54) is 88.6 Å². The second kappa shape index (κ2) is 18.4. The monoisotopic (exact) mass is 954 g/mol. The molecule has 0 aliphatic heterocycles. The number of aromatic nitrogens is 1. The molecule has 2 nitrogen and oxygen atoms in total. The highest BCUT2D eigenvalue weighted by Crippen LogP contribution is 2.57. The normalized spacial score (nSPS) is 12.4. The Hall–Kier alpha value is -9.76. The summed E-state index contributed by atoms with van der Waals surface area (Å²) in [6.45, 7) is 0. The number of fused-ring (bicyclic) bond motifs is 6. The van der Waals surface area contributed by atoms with Crippen molar-refractivity contribution in [1.29, 1.82) is 0 Å². The number of nitrogens with zero attached hydrogens (tertiary/aromatic N) is 2. The van der Waals surface area contributed by atoms with E-state index in [-0.39, 0.29) is 0 Å². The molecule has 1 aromatic heterocycles. The largest absolute Gasteiger partial charge is 0.310 e. The fourth-order valence-corrected chi connectivity index (χ4v) is 12.1. The van der Waals surface area contributed by atoms with Gasteiger partial charge in [0.25, 0.3) is 0 Å². The standard InChI is InChI=1S/C73H50N2/c1-5-19-51(20-6-1)54-37-42-60(43-38-54)74(62-46-47-65-64-28-13-16-30-68(64)73(69(65)50-62,58-23-9-3-10-24-58)59-25-11-4-12-26-59)61-44-39-55(40-45-61)53-33-35-56(36-34-53)63-27-14-17-31-70(63)75-71-32-18-15-29-66(71)67-49-57(41-48-72(67)75)52-21-7-2-8-22-52/h1-50H. The van der Waals surface area contributed by atoms with Crippen LogP contribution in [0.4, 0.5) is 17.1 Å². The number of benzene rings is 12. The molecule has 0 N–H and O–H groups in total. The Kier molecular flexibility index (Phi) is 10.8. The molecule has 0 spiro atoms. The van der Waals surface area contributed by atoms with Crippen LogP contribution in [0.25, 0.3) is 83.1 Å². The summed E-state index contributed by atoms with van der Waals surface area (Å²) in [7, 11) is 0. The molecule has 352 valence electrons. The third-order valence-corrected chi connectivity index (χ3v) is 15.5. The molecule has 0 atom stereocenters. The third-order valence-electron chi connectivity index (χ3n) is 15.5. The molecule has 2 heteroatoms. The smallest absolute Gasteiger partial charge is 0.0714 e. The molecule has 0 unspecified atom stereocenters. The first-order valence-corrected chi connectivity index (χ1v) is 25.9. The van der Waals surface area contributed by atoms with E-state index in [1.54, 1.807) is 0 Å². The summed E-state index contributed by atoms with van der Waals surface area (Å²) < 4.78 is 2.44. The highest BCUT2D eigenvalue weighted by atomic mass is 15.1. The zero-order valence-corrected chi connectivity index (χ0v) is 41.3. The van der Waals surface area contributed by atoms with Crippen molar-refractivity contribution in [1.82, 2.24) is 4.57 Å². The lowest BCUT2D eigenvalue weighted by Crippen LogP contribution is -2.28. The van der Waals surface area contributed by atoms with Crippen LogP contribution in [0.2, 0.25) is 0 Å². The molecular weight excluding hydrogens is 905 g/mol. The van der Waals surface area contributed by atoms with E-state index in [9.17, 15) is 0 Å². The van der Waals surface area contributed by atoms with Gasteiger partial charge >= 0.3 is 0 Å². The topological polar surface area (TPSA) is 8.17 Å². The average molecular weight is 955 g/mol. The zero-order chi connectivity index (χ0) is 49.7. The Labute approximate surface area is 438 Å². The van der Waals surface area contributed by atoms with Crippen molar-refractivity contribution in [3.63, 3.8) is 0 Å². The lowest BCUT2D eigenvalue weighted by Gasteiger charge is -2.35. The van der Waals surface area contributed by atoms with Crippen LogP contribution in [0.3, 0.4) is 0 Å². The summed E-state index contributed by atoms with van der Waals surface area (Å²) in [5.74, 6) is 0. The van der Waals surface area contributed by atoms with Crippen molar-refractivity contribution in [2.75, 3.05) is 4.90 Å². The van der Waals surface area contributed by atoms with E-state index in [4.69, 9.17) is 0 Å². The van der Waals surface area contributed by atoms with E-state index in [0.29, 0.717) is 0 Å². The molecule has 75 heavy (non-hydrogen) atoms. The highest BCUT2D eigenvalue weighted by Gasteiger charge is 2.46. The molecule has 0 amide bonds. The number of para-hydroxylation sites is 2. The minimum absolute atomic E-state index is 0.514. The van der Waals surface area contributed by atoms with Crippen molar-refractivity contribution in [3.05, 3.63) is 326 Å². The van der Waals surface area contributed by atoms with Crippen LogP contribution in [0.5, 0.6) is 0 Å². The molecule has 12 aromatic carbocycles. The quantitative estimate of drug-likeness (QED) is 0.133. The Morgan fingerprint density at radius 1 is 0.253 bits per heavy atom. The van der Waals surface area contributed by atoms with Crippen LogP contribution < -0.4 is 4.90 Å². The Bertz CT molecular complexity index is 4140. The van der Waals surface area contributed by atoms with Gasteiger partial charge in [-0.05, 0) is 133 Å². The molecule has 1 heterocycles. The highest BCUT2D eigenvalue weighted by molar-refractivity contribution is 6.11. The third kappa shape index (κ3) is 7.41. The van der Waals surface area contributed by atoms with Crippen LogP contribution in [0.15, 0.2) is 303 Å². The summed E-state index contributed by atoms with van der Waals surface area (Å²) in [5, 5.41) is 2.49. The maximum atomic E-state index is 2.45. The predicted molar refractivity (Wildman–Crippen MR) is 315 cm³/mol. The maximum Gasteiger partial charge on any atom is 0.0714 e. The van der Waals surface area contributed by atoms with Crippen LogP contribution in [-0.2, 0) is 5.41 Å². The molecule has 13 aromatic rings. The van der Waals surface area contributed by atoms with Crippen molar-refractivity contribution < 1.29 is 0 Å². The van der Waals surface area contributed by atoms with Gasteiger partial charge in [0.1, 0.15) is 0 Å². The molecule has 1 aliphatic rings. The van der Waals surface area contributed by atoms with E-state index >= 15 is 0 Å². The van der Waals surface area contributed by atoms with Crippen molar-refractivity contribution in [2.45, 2.75) is 5.41 Å². The van der Waals surface area contributed by atoms with Gasteiger partial charge in [0, 0.05) is 33.4 Å². The van der Waals surface area contributed by atoms with Gasteiger partial charge in [-0.15, -0.1) is 0 Å². The van der Waals surface area contributed by atoms with Crippen LogP contribution >= 0.6 is 0 Å². The summed E-state index contributed by atoms with van der Waals surface area (Å²) in [5.41, 5.74) is 23.4. The van der Waals surface area contributed by atoms with Gasteiger partial charge in [0.15, 0.2) is 0 Å². The Morgan fingerprint density at radius 3 is 1.31 bits per heavy atom. The fraction of sp³-hybridized carbons (Fsp3) is 0.0137. The first kappa shape index (κ1) is 44.0. The molecule has 0 saturated carbocycles. The van der Waals surface area contributed by atoms with Gasteiger partial charge in [0.2, 0.25) is 0 Å². The SMILES string of the molecule is c1ccc(-c2ccc(N(c3ccc(-c4ccc(-c5ccccc5-n5c6ccccc6c6cc(-c7ccccc7)ccc65)cc4)cc3)c3ccc4c(c3)C(c3ccccc3)(c3ccccc3)c3ccccc3-4)cc2)cc1. The van der Waals surface area contributed by atoms with Crippen molar-refractivity contribution in [3.8, 4) is 61.3 Å². The summed E-state index contributed by atoms with van der Waals surface area (Å²) in [4.78, 5) is 2.42. The molecule has 0 radical (unpaired) electrons. The van der Waals surface area contributed by atoms with Crippen LogP contribution in [0.1, 0.15) is 22.3 Å². The van der Waals surface area contributed by atoms with Gasteiger partial charge in [-0.1, -0.05) is 243 Å². The maximum absolute atomic E-state index is 2.45. The van der Waals surface area contributed by atoms with Crippen LogP contribution in [0, 0.1) is 0 Å². The van der Waals surface area contributed by atoms with Gasteiger partial charge < -0.3 is 9.47 Å². The minimum Gasteiger partial charge on any atom is -0.310 e. The van der Waals surface area contributed by atoms with Gasteiger partial charge in [-0.25, -0.2) is 0 Å². The first-order valence-electron chi connectivity index (χ1n) is 25.9. The van der Waals surface area contributed by atoms with Gasteiger partial charge in [-0.2, -0.15) is 0 Å². The van der Waals surface area contributed by atoms with Crippen molar-refractivity contribution in [2.24, 2.45) is 0 Å². The number of anilines is 3. The lowest BCUT2D eigenvalue weighted by atomic mass is 9.67. The first-order chi connectivity index (χ1) is 37.2. The van der Waals surface area contributed by atoms with Crippen LogP contribution in [-0.4, -0.2) is 4.57 Å². The molecule has 0 fully saturated rings. The van der Waals surface area contributed by atoms with E-state index in [2.05, 4.69) is 313 Å². The van der Waals surface area contributed by atoms with Crippen molar-refractivity contribution >= 4 is 38.9 Å². The number of rotatable bonds is 10. The fourth-order valence-electron chi connectivity index (χ4n) is 12.1.